The Morgan fingerprint density at radius 3 is 2.81 bits per heavy atom. The van der Waals surface area contributed by atoms with E-state index in [2.05, 4.69) is 4.98 Å². The van der Waals surface area contributed by atoms with E-state index in [9.17, 15) is 4.79 Å². The first-order chi connectivity index (χ1) is 7.61. The normalized spacial score (nSPS) is 20.6. The lowest BCUT2D eigenvalue weighted by molar-refractivity contribution is -0.117. The molecule has 0 N–H and O–H groups in total. The molecule has 2 rings (SSSR count). The van der Waals surface area contributed by atoms with Gasteiger partial charge in [-0.05, 0) is 31.9 Å². The Labute approximate surface area is 100 Å². The molecule has 3 nitrogen and oxygen atoms in total. The molecule has 0 aliphatic carbocycles. The quantitative estimate of drug-likeness (QED) is 0.741. The number of nitrogens with zero attached hydrogens (tertiary/aromatic N) is 2. The molecule has 1 aromatic rings. The van der Waals surface area contributed by atoms with Crippen molar-refractivity contribution in [3.63, 3.8) is 0 Å². The van der Waals surface area contributed by atoms with Gasteiger partial charge in [0, 0.05) is 24.5 Å². The van der Waals surface area contributed by atoms with Crippen LogP contribution in [0.2, 0.25) is 0 Å². The van der Waals surface area contributed by atoms with Gasteiger partial charge in [-0.15, -0.1) is 11.6 Å². The van der Waals surface area contributed by atoms with Crippen LogP contribution in [0.4, 0.5) is 5.69 Å². The van der Waals surface area contributed by atoms with E-state index in [4.69, 9.17) is 11.6 Å². The molecule has 1 aliphatic rings. The van der Waals surface area contributed by atoms with E-state index in [1.807, 2.05) is 26.0 Å². The van der Waals surface area contributed by atoms with Crippen LogP contribution in [0.3, 0.4) is 0 Å². The smallest absolute Gasteiger partial charge is 0.227 e. The molecular weight excluding hydrogens is 224 g/mol. The molecule has 0 aromatic carbocycles. The molecule has 0 radical (unpaired) electrons. The highest BCUT2D eigenvalue weighted by atomic mass is 35.5. The topological polar surface area (TPSA) is 33.2 Å². The highest BCUT2D eigenvalue weighted by molar-refractivity contribution is 6.18. The van der Waals surface area contributed by atoms with Crippen LogP contribution in [0.15, 0.2) is 12.1 Å². The van der Waals surface area contributed by atoms with Gasteiger partial charge in [-0.25, -0.2) is 0 Å². The minimum Gasteiger partial charge on any atom is -0.310 e. The third-order valence-electron chi connectivity index (χ3n) is 2.91. The Balaban J connectivity index is 2.28. The Morgan fingerprint density at radius 1 is 1.50 bits per heavy atom. The summed E-state index contributed by atoms with van der Waals surface area (Å²) in [6, 6.07) is 3.90. The van der Waals surface area contributed by atoms with Gasteiger partial charge in [0.2, 0.25) is 5.91 Å². The fourth-order valence-electron chi connectivity index (χ4n) is 2.08. The Morgan fingerprint density at radius 2 is 2.25 bits per heavy atom. The number of carbonyl (C=O) groups excluding carboxylic acids is 1. The number of alkyl halides is 1. The zero-order valence-corrected chi connectivity index (χ0v) is 10.3. The van der Waals surface area contributed by atoms with E-state index in [0.29, 0.717) is 18.8 Å². The minimum atomic E-state index is 0.152. The van der Waals surface area contributed by atoms with Crippen molar-refractivity contribution in [3.05, 3.63) is 23.5 Å². The summed E-state index contributed by atoms with van der Waals surface area (Å²) in [5.41, 5.74) is 2.80. The number of hydrogen-bond donors (Lipinski definition) is 0. The molecular formula is C12H15ClN2O. The van der Waals surface area contributed by atoms with E-state index in [0.717, 1.165) is 17.1 Å². The zero-order valence-electron chi connectivity index (χ0n) is 9.53. The molecule has 1 aliphatic heterocycles. The van der Waals surface area contributed by atoms with Crippen molar-refractivity contribution in [2.45, 2.75) is 20.3 Å². The summed E-state index contributed by atoms with van der Waals surface area (Å²) in [7, 11) is 0. The molecule has 86 valence electrons. The van der Waals surface area contributed by atoms with E-state index >= 15 is 0 Å². The molecule has 1 amide bonds. The molecule has 1 atom stereocenters. The summed E-state index contributed by atoms with van der Waals surface area (Å²) in [6.45, 7) is 4.60. The number of pyridine rings is 1. The number of aromatic nitrogens is 1. The van der Waals surface area contributed by atoms with Crippen LogP contribution in [-0.2, 0) is 4.79 Å². The van der Waals surface area contributed by atoms with Gasteiger partial charge in [0.05, 0.1) is 11.4 Å². The van der Waals surface area contributed by atoms with E-state index in [1.165, 1.54) is 0 Å². The summed E-state index contributed by atoms with van der Waals surface area (Å²) in [4.78, 5) is 18.0. The fraction of sp³-hybridized carbons (Fsp3) is 0.500. The number of rotatable bonds is 2. The first-order valence-electron chi connectivity index (χ1n) is 5.42. The van der Waals surface area contributed by atoms with Crippen molar-refractivity contribution >= 4 is 23.2 Å². The third kappa shape index (κ3) is 2.05. The number of amides is 1. The molecule has 0 saturated carbocycles. The number of hydrogen-bond acceptors (Lipinski definition) is 2. The molecule has 4 heteroatoms. The number of anilines is 1. The van der Waals surface area contributed by atoms with Gasteiger partial charge in [0.1, 0.15) is 0 Å². The monoisotopic (exact) mass is 238 g/mol. The summed E-state index contributed by atoms with van der Waals surface area (Å²) < 4.78 is 0. The number of aryl methyl sites for hydroxylation is 2. The predicted molar refractivity (Wildman–Crippen MR) is 64.9 cm³/mol. The van der Waals surface area contributed by atoms with Crippen LogP contribution in [0.25, 0.3) is 0 Å². The number of halogens is 1. The lowest BCUT2D eigenvalue weighted by Crippen LogP contribution is -2.25. The first kappa shape index (κ1) is 11.4. The molecule has 1 fully saturated rings. The molecule has 0 bridgehead atoms. The Kier molecular flexibility index (Phi) is 3.15. The maximum absolute atomic E-state index is 11.8. The van der Waals surface area contributed by atoms with Crippen molar-refractivity contribution in [2.24, 2.45) is 5.92 Å². The molecule has 16 heavy (non-hydrogen) atoms. The van der Waals surface area contributed by atoms with Crippen LogP contribution in [0.5, 0.6) is 0 Å². The Hall–Kier alpha value is -1.09. The van der Waals surface area contributed by atoms with E-state index < -0.39 is 0 Å². The summed E-state index contributed by atoms with van der Waals surface area (Å²) in [6.07, 6.45) is 0.552. The summed E-state index contributed by atoms with van der Waals surface area (Å²) in [5, 5.41) is 0. The van der Waals surface area contributed by atoms with Crippen LogP contribution in [-0.4, -0.2) is 23.3 Å². The predicted octanol–water partition coefficient (Wildman–Crippen LogP) is 2.29. The highest BCUT2D eigenvalue weighted by Crippen LogP contribution is 2.27. The van der Waals surface area contributed by atoms with Crippen LogP contribution < -0.4 is 4.90 Å². The van der Waals surface area contributed by atoms with E-state index in [1.54, 1.807) is 4.90 Å². The summed E-state index contributed by atoms with van der Waals surface area (Å²) in [5.74, 6) is 0.967. The van der Waals surface area contributed by atoms with Gasteiger partial charge < -0.3 is 4.90 Å². The fourth-order valence-corrected chi connectivity index (χ4v) is 2.29. The van der Waals surface area contributed by atoms with Crippen LogP contribution >= 0.6 is 11.6 Å². The molecule has 1 saturated heterocycles. The lowest BCUT2D eigenvalue weighted by Gasteiger charge is -2.18. The summed E-state index contributed by atoms with van der Waals surface area (Å²) >= 11 is 5.80. The largest absolute Gasteiger partial charge is 0.310 e. The molecule has 1 aromatic heterocycles. The van der Waals surface area contributed by atoms with Gasteiger partial charge in [-0.1, -0.05) is 0 Å². The maximum atomic E-state index is 11.8. The second kappa shape index (κ2) is 4.42. The maximum Gasteiger partial charge on any atom is 0.227 e. The van der Waals surface area contributed by atoms with Crippen molar-refractivity contribution in [3.8, 4) is 0 Å². The van der Waals surface area contributed by atoms with Crippen molar-refractivity contribution in [1.29, 1.82) is 0 Å². The van der Waals surface area contributed by atoms with Gasteiger partial charge >= 0.3 is 0 Å². The first-order valence-corrected chi connectivity index (χ1v) is 5.96. The second-order valence-electron chi connectivity index (χ2n) is 4.29. The lowest BCUT2D eigenvalue weighted by atomic mass is 10.1. The molecule has 1 unspecified atom stereocenters. The average molecular weight is 239 g/mol. The van der Waals surface area contributed by atoms with Gasteiger partial charge in [0.25, 0.3) is 0 Å². The highest BCUT2D eigenvalue weighted by Gasteiger charge is 2.30. The number of carbonyl (C=O) groups is 1. The van der Waals surface area contributed by atoms with Gasteiger partial charge in [-0.2, -0.15) is 0 Å². The third-order valence-corrected chi connectivity index (χ3v) is 3.35. The zero-order chi connectivity index (χ0) is 11.7. The van der Waals surface area contributed by atoms with Crippen molar-refractivity contribution in [2.75, 3.05) is 17.3 Å². The van der Waals surface area contributed by atoms with E-state index in [-0.39, 0.29) is 11.8 Å². The second-order valence-corrected chi connectivity index (χ2v) is 4.59. The van der Waals surface area contributed by atoms with Crippen LogP contribution in [0, 0.1) is 19.8 Å². The van der Waals surface area contributed by atoms with Gasteiger partial charge in [-0.3, -0.25) is 9.78 Å². The van der Waals surface area contributed by atoms with Crippen molar-refractivity contribution in [1.82, 2.24) is 4.98 Å². The van der Waals surface area contributed by atoms with Crippen molar-refractivity contribution < 1.29 is 4.79 Å². The average Bonchev–Trinajstić information content (AvgIpc) is 2.60. The minimum absolute atomic E-state index is 0.152. The molecule has 0 spiro atoms. The Bertz CT molecular complexity index is 419. The van der Waals surface area contributed by atoms with Crippen LogP contribution in [0.1, 0.15) is 17.8 Å². The van der Waals surface area contributed by atoms with Gasteiger partial charge in [0.15, 0.2) is 0 Å². The SMILES string of the molecule is Cc1ccc(N2CC(CCl)CC2=O)c(C)n1. The molecule has 2 heterocycles. The standard InChI is InChI=1S/C12H15ClN2O/c1-8-3-4-11(9(2)14-8)15-7-10(6-13)5-12(15)16/h3-4,10H,5-7H2,1-2H3.